The molecule has 0 aromatic heterocycles. The van der Waals surface area contributed by atoms with Crippen molar-refractivity contribution in [2.75, 3.05) is 20.1 Å². The van der Waals surface area contributed by atoms with Crippen molar-refractivity contribution < 1.29 is 14.7 Å². The van der Waals surface area contributed by atoms with Crippen LogP contribution in [0.1, 0.15) is 46.5 Å². The highest BCUT2D eigenvalue weighted by molar-refractivity contribution is 5.80. The Morgan fingerprint density at radius 1 is 1.30 bits per heavy atom. The molecule has 0 radical (unpaired) electrons. The molecule has 0 aliphatic heterocycles. The lowest BCUT2D eigenvalue weighted by Gasteiger charge is -2.37. The summed E-state index contributed by atoms with van der Waals surface area (Å²) >= 11 is 0. The maximum absolute atomic E-state index is 12.5. The van der Waals surface area contributed by atoms with E-state index >= 15 is 0 Å². The van der Waals surface area contributed by atoms with Crippen LogP contribution in [0.3, 0.4) is 0 Å². The Bertz CT molecular complexity index is 344. The lowest BCUT2D eigenvalue weighted by atomic mass is 9.86. The topological polar surface area (TPSA) is 60.9 Å². The quantitative estimate of drug-likeness (QED) is 0.844. The number of carbonyl (C=O) groups excluding carboxylic acids is 1. The molecule has 1 N–H and O–H groups in total. The first-order valence-corrected chi connectivity index (χ1v) is 7.54. The highest BCUT2D eigenvalue weighted by Gasteiger charge is 2.29. The average Bonchev–Trinajstić information content (AvgIpc) is 2.35. The summed E-state index contributed by atoms with van der Waals surface area (Å²) in [6.07, 6.45) is 4.41. The summed E-state index contributed by atoms with van der Waals surface area (Å²) in [5.74, 6) is -0.0524. The summed E-state index contributed by atoms with van der Waals surface area (Å²) in [4.78, 5) is 26.6. The first kappa shape index (κ1) is 16.8. The van der Waals surface area contributed by atoms with Crippen molar-refractivity contribution in [3.8, 4) is 0 Å². The Balaban J connectivity index is 2.68. The molecule has 1 aliphatic rings. The Kier molecular flexibility index (Phi) is 6.30. The van der Waals surface area contributed by atoms with Gasteiger partial charge in [0.05, 0.1) is 0 Å². The van der Waals surface area contributed by atoms with Crippen molar-refractivity contribution in [3.05, 3.63) is 0 Å². The van der Waals surface area contributed by atoms with Gasteiger partial charge < -0.3 is 14.9 Å². The molecule has 0 saturated heterocycles. The fourth-order valence-electron chi connectivity index (χ4n) is 2.95. The van der Waals surface area contributed by atoms with Crippen molar-refractivity contribution in [3.63, 3.8) is 0 Å². The molecule has 2 amide bonds. The van der Waals surface area contributed by atoms with Crippen molar-refractivity contribution in [2.45, 2.75) is 52.5 Å². The molecular weight excluding hydrogens is 256 g/mol. The van der Waals surface area contributed by atoms with E-state index in [0.717, 1.165) is 19.3 Å². The first-order valence-electron chi connectivity index (χ1n) is 7.54. The molecule has 5 nitrogen and oxygen atoms in total. The lowest BCUT2D eigenvalue weighted by molar-refractivity contribution is -0.137. The van der Waals surface area contributed by atoms with Gasteiger partial charge in [-0.2, -0.15) is 0 Å². The number of amides is 2. The number of carboxylic acids is 1. The minimum atomic E-state index is -0.954. The van der Waals surface area contributed by atoms with E-state index in [0.29, 0.717) is 12.5 Å². The largest absolute Gasteiger partial charge is 0.480 e. The fraction of sp³-hybridized carbons (Fsp3) is 0.867. The molecule has 116 valence electrons. The van der Waals surface area contributed by atoms with Crippen LogP contribution in [0.5, 0.6) is 0 Å². The number of rotatable bonds is 5. The SMILES string of the molecule is CC(C)CN(CC(=O)O)C(=O)N(C)C1CCCC(C)C1. The smallest absolute Gasteiger partial charge is 0.323 e. The maximum atomic E-state index is 12.5. The van der Waals surface area contributed by atoms with E-state index in [9.17, 15) is 9.59 Å². The minimum Gasteiger partial charge on any atom is -0.480 e. The summed E-state index contributed by atoms with van der Waals surface area (Å²) in [7, 11) is 1.81. The Hall–Kier alpha value is -1.26. The Labute approximate surface area is 121 Å². The number of nitrogens with zero attached hydrogens (tertiary/aromatic N) is 2. The molecule has 0 aromatic carbocycles. The zero-order valence-corrected chi connectivity index (χ0v) is 13.1. The maximum Gasteiger partial charge on any atom is 0.323 e. The zero-order chi connectivity index (χ0) is 15.3. The van der Waals surface area contributed by atoms with E-state index in [1.165, 1.54) is 11.3 Å². The molecule has 20 heavy (non-hydrogen) atoms. The van der Waals surface area contributed by atoms with Gasteiger partial charge in [-0.25, -0.2) is 4.79 Å². The molecule has 0 spiro atoms. The van der Waals surface area contributed by atoms with Gasteiger partial charge in [0, 0.05) is 19.6 Å². The number of urea groups is 1. The van der Waals surface area contributed by atoms with Crippen LogP contribution < -0.4 is 0 Å². The van der Waals surface area contributed by atoms with E-state index in [-0.39, 0.29) is 24.5 Å². The molecule has 0 bridgehead atoms. The highest BCUT2D eigenvalue weighted by Crippen LogP contribution is 2.27. The summed E-state index contributed by atoms with van der Waals surface area (Å²) in [5.41, 5.74) is 0. The van der Waals surface area contributed by atoms with Gasteiger partial charge in [0.2, 0.25) is 0 Å². The molecule has 1 saturated carbocycles. The van der Waals surface area contributed by atoms with E-state index in [4.69, 9.17) is 5.11 Å². The third-order valence-electron chi connectivity index (χ3n) is 3.94. The lowest BCUT2D eigenvalue weighted by Crippen LogP contribution is -2.49. The van der Waals surface area contributed by atoms with Crippen molar-refractivity contribution in [1.29, 1.82) is 0 Å². The average molecular weight is 284 g/mol. The summed E-state index contributed by atoms with van der Waals surface area (Å²) in [6.45, 7) is 6.46. The second kappa shape index (κ2) is 7.50. The van der Waals surface area contributed by atoms with Gasteiger partial charge in [0.1, 0.15) is 6.54 Å². The van der Waals surface area contributed by atoms with Crippen LogP contribution in [0.25, 0.3) is 0 Å². The van der Waals surface area contributed by atoms with Gasteiger partial charge in [0.15, 0.2) is 0 Å². The summed E-state index contributed by atoms with van der Waals surface area (Å²) in [5, 5.41) is 8.97. The van der Waals surface area contributed by atoms with Crippen molar-refractivity contribution in [2.24, 2.45) is 11.8 Å². The summed E-state index contributed by atoms with van der Waals surface area (Å²) < 4.78 is 0. The van der Waals surface area contributed by atoms with Gasteiger partial charge >= 0.3 is 12.0 Å². The molecule has 1 fully saturated rings. The second-order valence-electron chi connectivity index (χ2n) is 6.49. The van der Waals surface area contributed by atoms with Gasteiger partial charge in [-0.3, -0.25) is 4.79 Å². The molecule has 2 atom stereocenters. The van der Waals surface area contributed by atoms with Crippen LogP contribution in [-0.4, -0.2) is 53.1 Å². The van der Waals surface area contributed by atoms with Crippen molar-refractivity contribution >= 4 is 12.0 Å². The third kappa shape index (κ3) is 5.02. The van der Waals surface area contributed by atoms with E-state index < -0.39 is 5.97 Å². The van der Waals surface area contributed by atoms with E-state index in [1.807, 2.05) is 13.8 Å². The fourth-order valence-corrected chi connectivity index (χ4v) is 2.95. The third-order valence-corrected chi connectivity index (χ3v) is 3.94. The van der Waals surface area contributed by atoms with Crippen LogP contribution in [0.15, 0.2) is 0 Å². The molecule has 2 unspecified atom stereocenters. The van der Waals surface area contributed by atoms with Crippen LogP contribution in [0, 0.1) is 11.8 Å². The highest BCUT2D eigenvalue weighted by atomic mass is 16.4. The molecule has 0 aromatic rings. The van der Waals surface area contributed by atoms with Crippen LogP contribution >= 0.6 is 0 Å². The van der Waals surface area contributed by atoms with Crippen LogP contribution in [-0.2, 0) is 4.79 Å². The number of aliphatic carboxylic acids is 1. The Morgan fingerprint density at radius 3 is 2.45 bits per heavy atom. The van der Waals surface area contributed by atoms with E-state index in [2.05, 4.69) is 6.92 Å². The van der Waals surface area contributed by atoms with Crippen molar-refractivity contribution in [1.82, 2.24) is 9.80 Å². The van der Waals surface area contributed by atoms with E-state index in [1.54, 1.807) is 11.9 Å². The van der Waals surface area contributed by atoms with Gasteiger partial charge in [-0.1, -0.05) is 33.6 Å². The Morgan fingerprint density at radius 2 is 1.95 bits per heavy atom. The predicted octanol–water partition coefficient (Wildman–Crippen LogP) is 2.66. The number of carbonyl (C=O) groups is 2. The minimum absolute atomic E-state index is 0.153. The summed E-state index contributed by atoms with van der Waals surface area (Å²) in [6, 6.07) is 0.0925. The molecule has 1 rings (SSSR count). The van der Waals surface area contributed by atoms with Gasteiger partial charge in [-0.05, 0) is 24.7 Å². The molecular formula is C15H28N2O3. The zero-order valence-electron chi connectivity index (χ0n) is 13.1. The number of hydrogen-bond acceptors (Lipinski definition) is 2. The standard InChI is InChI=1S/C15H28N2O3/c1-11(2)9-17(10-14(18)19)15(20)16(4)13-7-5-6-12(3)8-13/h11-13H,5-10H2,1-4H3,(H,18,19). The molecule has 0 heterocycles. The molecule has 1 aliphatic carbocycles. The number of hydrogen-bond donors (Lipinski definition) is 1. The molecule has 5 heteroatoms. The normalized spacial score (nSPS) is 22.6. The van der Waals surface area contributed by atoms with Crippen LogP contribution in [0.2, 0.25) is 0 Å². The van der Waals surface area contributed by atoms with Gasteiger partial charge in [0.25, 0.3) is 0 Å². The first-order chi connectivity index (χ1) is 9.31. The van der Waals surface area contributed by atoms with Gasteiger partial charge in [-0.15, -0.1) is 0 Å². The number of carboxylic acid groups (broad SMARTS) is 1. The van der Waals surface area contributed by atoms with Crippen LogP contribution in [0.4, 0.5) is 4.79 Å². The monoisotopic (exact) mass is 284 g/mol. The predicted molar refractivity (Wildman–Crippen MR) is 78.6 cm³/mol. The second-order valence-corrected chi connectivity index (χ2v) is 6.49.